The highest BCUT2D eigenvalue weighted by molar-refractivity contribution is 7.88. The van der Waals surface area contributed by atoms with E-state index >= 15 is 0 Å². The molecule has 2 aromatic rings. The molecule has 0 aliphatic rings. The van der Waals surface area contributed by atoms with Crippen molar-refractivity contribution >= 4 is 15.9 Å². The Balaban J connectivity index is 1.96. The molecule has 0 bridgehead atoms. The van der Waals surface area contributed by atoms with E-state index in [0.717, 1.165) is 21.7 Å². The smallest absolute Gasteiger partial charge is 0.235 e. The highest BCUT2D eigenvalue weighted by Gasteiger charge is 2.20. The van der Waals surface area contributed by atoms with Gasteiger partial charge in [-0.15, -0.1) is 0 Å². The maximum atomic E-state index is 12.0. The molecule has 0 saturated carbocycles. The first-order valence-electron chi connectivity index (χ1n) is 6.95. The maximum Gasteiger partial charge on any atom is 0.235 e. The topological polar surface area (TPSA) is 92.3 Å². The predicted molar refractivity (Wildman–Crippen MR) is 85.6 cm³/mol. The van der Waals surface area contributed by atoms with Crippen molar-refractivity contribution in [1.82, 2.24) is 19.6 Å². The van der Waals surface area contributed by atoms with E-state index in [1.807, 2.05) is 0 Å². The van der Waals surface area contributed by atoms with Crippen LogP contribution in [0.15, 0.2) is 49.1 Å². The van der Waals surface area contributed by atoms with Crippen molar-refractivity contribution in [3.63, 3.8) is 0 Å². The van der Waals surface area contributed by atoms with Crippen molar-refractivity contribution in [2.75, 3.05) is 12.8 Å². The van der Waals surface area contributed by atoms with Crippen LogP contribution in [-0.4, -0.2) is 41.4 Å². The second-order valence-electron chi connectivity index (χ2n) is 5.02. The van der Waals surface area contributed by atoms with Gasteiger partial charge in [0.15, 0.2) is 0 Å². The SMILES string of the molecule is CS(=O)(=O)N(CC(=O)NCc1ccncc1)Cc1cccnc1. The molecular weight excluding hydrogens is 316 g/mol. The summed E-state index contributed by atoms with van der Waals surface area (Å²) in [6.07, 6.45) is 7.53. The molecule has 0 spiro atoms. The number of nitrogens with one attached hydrogen (secondary N) is 1. The van der Waals surface area contributed by atoms with Gasteiger partial charge in [-0.25, -0.2) is 8.42 Å². The van der Waals surface area contributed by atoms with Crippen LogP contribution >= 0.6 is 0 Å². The van der Waals surface area contributed by atoms with Crippen LogP contribution in [0.2, 0.25) is 0 Å². The predicted octanol–water partition coefficient (Wildman–Crippen LogP) is 0.555. The van der Waals surface area contributed by atoms with Crippen LogP contribution in [0.5, 0.6) is 0 Å². The highest BCUT2D eigenvalue weighted by Crippen LogP contribution is 2.07. The van der Waals surface area contributed by atoms with Gasteiger partial charge in [-0.2, -0.15) is 4.31 Å². The number of carbonyl (C=O) groups excluding carboxylic acids is 1. The first-order chi connectivity index (χ1) is 10.9. The molecule has 1 N–H and O–H groups in total. The first-order valence-corrected chi connectivity index (χ1v) is 8.79. The van der Waals surface area contributed by atoms with E-state index < -0.39 is 10.0 Å². The van der Waals surface area contributed by atoms with E-state index in [-0.39, 0.29) is 19.0 Å². The van der Waals surface area contributed by atoms with Crippen molar-refractivity contribution in [2.24, 2.45) is 0 Å². The van der Waals surface area contributed by atoms with Crippen LogP contribution in [-0.2, 0) is 27.9 Å². The van der Waals surface area contributed by atoms with Gasteiger partial charge < -0.3 is 5.32 Å². The van der Waals surface area contributed by atoms with Crippen molar-refractivity contribution in [3.8, 4) is 0 Å². The van der Waals surface area contributed by atoms with E-state index in [0.29, 0.717) is 6.54 Å². The van der Waals surface area contributed by atoms with Crippen molar-refractivity contribution in [3.05, 3.63) is 60.2 Å². The standard InChI is InChI=1S/C15H18N4O3S/c1-23(21,22)19(11-14-3-2-6-17-9-14)12-15(20)18-10-13-4-7-16-8-5-13/h2-9H,10-12H2,1H3,(H,18,20). The number of carbonyl (C=O) groups is 1. The van der Waals surface area contributed by atoms with Gasteiger partial charge in [0.05, 0.1) is 12.8 Å². The molecule has 7 nitrogen and oxygen atoms in total. The summed E-state index contributed by atoms with van der Waals surface area (Å²) in [5.41, 5.74) is 1.62. The fourth-order valence-corrected chi connectivity index (χ4v) is 2.64. The van der Waals surface area contributed by atoms with Crippen LogP contribution in [0.3, 0.4) is 0 Å². The van der Waals surface area contributed by atoms with Gasteiger partial charge in [0.2, 0.25) is 15.9 Å². The summed E-state index contributed by atoms with van der Waals surface area (Å²) in [6.45, 7) is 0.194. The number of hydrogen-bond acceptors (Lipinski definition) is 5. The monoisotopic (exact) mass is 334 g/mol. The lowest BCUT2D eigenvalue weighted by molar-refractivity contribution is -0.121. The quantitative estimate of drug-likeness (QED) is 0.798. The maximum absolute atomic E-state index is 12.0. The van der Waals surface area contributed by atoms with Crippen molar-refractivity contribution < 1.29 is 13.2 Å². The third-order valence-corrected chi connectivity index (χ3v) is 4.31. The zero-order valence-corrected chi connectivity index (χ0v) is 13.5. The zero-order valence-electron chi connectivity index (χ0n) is 12.7. The molecule has 2 rings (SSSR count). The minimum absolute atomic E-state index is 0.106. The van der Waals surface area contributed by atoms with Gasteiger partial charge >= 0.3 is 0 Å². The fourth-order valence-electron chi connectivity index (χ4n) is 1.90. The molecule has 0 aliphatic heterocycles. The Morgan fingerprint density at radius 2 is 1.87 bits per heavy atom. The summed E-state index contributed by atoms with van der Waals surface area (Å²) >= 11 is 0. The number of nitrogens with zero attached hydrogens (tertiary/aromatic N) is 3. The molecule has 23 heavy (non-hydrogen) atoms. The van der Waals surface area contributed by atoms with Crippen LogP contribution in [0.25, 0.3) is 0 Å². The van der Waals surface area contributed by atoms with E-state index in [1.54, 1.807) is 49.1 Å². The third-order valence-electron chi connectivity index (χ3n) is 3.11. The molecule has 0 saturated heterocycles. The number of amides is 1. The number of sulfonamides is 1. The Morgan fingerprint density at radius 3 is 2.48 bits per heavy atom. The minimum atomic E-state index is -3.51. The largest absolute Gasteiger partial charge is 0.351 e. The average molecular weight is 334 g/mol. The lowest BCUT2D eigenvalue weighted by atomic mass is 10.2. The number of hydrogen-bond donors (Lipinski definition) is 1. The summed E-state index contributed by atoms with van der Waals surface area (Å²) in [7, 11) is -3.51. The summed E-state index contributed by atoms with van der Waals surface area (Å²) in [6, 6.07) is 7.05. The number of rotatable bonds is 7. The lowest BCUT2D eigenvalue weighted by Gasteiger charge is -2.19. The number of aromatic nitrogens is 2. The average Bonchev–Trinajstić information content (AvgIpc) is 2.53. The Kier molecular flexibility index (Phi) is 5.78. The minimum Gasteiger partial charge on any atom is -0.351 e. The van der Waals surface area contributed by atoms with Crippen LogP contribution in [0.4, 0.5) is 0 Å². The molecular formula is C15H18N4O3S. The molecule has 0 radical (unpaired) electrons. The van der Waals surface area contributed by atoms with E-state index in [4.69, 9.17) is 0 Å². The highest BCUT2D eigenvalue weighted by atomic mass is 32.2. The molecule has 0 aliphatic carbocycles. The fraction of sp³-hybridized carbons (Fsp3) is 0.267. The van der Waals surface area contributed by atoms with Gasteiger partial charge in [-0.1, -0.05) is 6.07 Å². The van der Waals surface area contributed by atoms with Crippen molar-refractivity contribution in [2.45, 2.75) is 13.1 Å². The number of pyridine rings is 2. The molecule has 122 valence electrons. The molecule has 0 aromatic carbocycles. The molecule has 0 unspecified atom stereocenters. The van der Waals surface area contributed by atoms with Gasteiger partial charge in [-0.3, -0.25) is 14.8 Å². The van der Waals surface area contributed by atoms with Crippen LogP contribution in [0, 0.1) is 0 Å². The summed E-state index contributed by atoms with van der Waals surface area (Å²) in [5.74, 6) is -0.365. The molecule has 0 atom stereocenters. The molecule has 8 heteroatoms. The van der Waals surface area contributed by atoms with Crippen LogP contribution < -0.4 is 5.32 Å². The lowest BCUT2D eigenvalue weighted by Crippen LogP contribution is -2.39. The summed E-state index contributed by atoms with van der Waals surface area (Å²) in [5, 5.41) is 2.70. The Labute approximate surface area is 135 Å². The summed E-state index contributed by atoms with van der Waals surface area (Å²) < 4.78 is 24.8. The van der Waals surface area contributed by atoms with Gasteiger partial charge in [-0.05, 0) is 29.3 Å². The first kappa shape index (κ1) is 17.0. The Hall–Kier alpha value is -2.32. The molecule has 0 fully saturated rings. The third kappa shape index (κ3) is 5.76. The van der Waals surface area contributed by atoms with E-state index in [1.165, 1.54) is 0 Å². The molecule has 2 heterocycles. The molecule has 1 amide bonds. The van der Waals surface area contributed by atoms with Crippen molar-refractivity contribution in [1.29, 1.82) is 0 Å². The van der Waals surface area contributed by atoms with Gasteiger partial charge in [0.25, 0.3) is 0 Å². The van der Waals surface area contributed by atoms with Crippen LogP contribution in [0.1, 0.15) is 11.1 Å². The second kappa shape index (κ2) is 7.80. The second-order valence-corrected chi connectivity index (χ2v) is 7.01. The van der Waals surface area contributed by atoms with E-state index in [2.05, 4.69) is 15.3 Å². The van der Waals surface area contributed by atoms with Gasteiger partial charge in [0, 0.05) is 37.9 Å². The normalized spacial score (nSPS) is 11.4. The Morgan fingerprint density at radius 1 is 1.13 bits per heavy atom. The summed E-state index contributed by atoms with van der Waals surface area (Å²) in [4.78, 5) is 19.9. The van der Waals surface area contributed by atoms with E-state index in [9.17, 15) is 13.2 Å². The zero-order chi connectivity index (χ0) is 16.7. The Bertz CT molecular complexity index is 736. The van der Waals surface area contributed by atoms with Gasteiger partial charge in [0.1, 0.15) is 0 Å². The molecule has 2 aromatic heterocycles.